The highest BCUT2D eigenvalue weighted by Crippen LogP contribution is 2.23. The van der Waals surface area contributed by atoms with E-state index in [9.17, 15) is 13.2 Å². The zero-order valence-electron chi connectivity index (χ0n) is 16.4. The quantitative estimate of drug-likeness (QED) is 0.463. The number of sulfonamides is 1. The van der Waals surface area contributed by atoms with Gasteiger partial charge in [0, 0.05) is 18.1 Å². The van der Waals surface area contributed by atoms with Crippen LogP contribution >= 0.6 is 0 Å². The second-order valence-electron chi connectivity index (χ2n) is 6.79. The number of nitrogens with zero attached hydrogens (tertiary/aromatic N) is 2. The Balaban J connectivity index is 1.56. The molecular weight excluding hydrogens is 412 g/mol. The van der Waals surface area contributed by atoms with E-state index in [4.69, 9.17) is 0 Å². The van der Waals surface area contributed by atoms with Crippen molar-refractivity contribution in [2.75, 3.05) is 10.0 Å². The Labute approximate surface area is 180 Å². The van der Waals surface area contributed by atoms with E-state index < -0.39 is 16.1 Å². The molecule has 7 nitrogen and oxygen atoms in total. The number of hydrogen-bond donors (Lipinski definition) is 2. The number of rotatable bonds is 7. The van der Waals surface area contributed by atoms with Gasteiger partial charge in [-0.3, -0.25) is 14.2 Å². The standard InChI is InChI=1S/C23H20N4O3S/c28-23(22(27-16-8-15-24-27)18-9-3-1-4-10-18)25-19-11-7-12-20(17-19)26-31(29,30)21-13-5-2-6-14-21/h1-17,22,26H,(H,25,28). The van der Waals surface area contributed by atoms with Gasteiger partial charge in [0.25, 0.3) is 15.9 Å². The first kappa shape index (κ1) is 20.4. The van der Waals surface area contributed by atoms with Gasteiger partial charge in [-0.15, -0.1) is 0 Å². The van der Waals surface area contributed by atoms with E-state index in [0.717, 1.165) is 5.56 Å². The molecule has 1 aromatic heterocycles. The summed E-state index contributed by atoms with van der Waals surface area (Å²) in [6, 6.07) is 25.1. The fourth-order valence-corrected chi connectivity index (χ4v) is 4.25. The Morgan fingerprint density at radius 3 is 2.19 bits per heavy atom. The number of carbonyl (C=O) groups is 1. The maximum absolute atomic E-state index is 13.1. The number of anilines is 2. The second kappa shape index (κ2) is 8.85. The van der Waals surface area contributed by atoms with Crippen LogP contribution in [0.2, 0.25) is 0 Å². The van der Waals surface area contributed by atoms with Crippen molar-refractivity contribution in [1.82, 2.24) is 9.78 Å². The van der Waals surface area contributed by atoms with Gasteiger partial charge in [-0.25, -0.2) is 8.42 Å². The van der Waals surface area contributed by atoms with Crippen LogP contribution in [-0.2, 0) is 14.8 Å². The average Bonchev–Trinajstić information content (AvgIpc) is 3.29. The molecule has 8 heteroatoms. The zero-order chi connectivity index (χ0) is 21.7. The zero-order valence-corrected chi connectivity index (χ0v) is 17.2. The molecule has 1 heterocycles. The highest BCUT2D eigenvalue weighted by molar-refractivity contribution is 7.92. The van der Waals surface area contributed by atoms with Crippen LogP contribution in [0.4, 0.5) is 11.4 Å². The molecule has 31 heavy (non-hydrogen) atoms. The lowest BCUT2D eigenvalue weighted by atomic mass is 10.1. The molecule has 0 aliphatic rings. The Bertz CT molecular complexity index is 1260. The first-order valence-electron chi connectivity index (χ1n) is 9.56. The first-order chi connectivity index (χ1) is 15.0. The summed E-state index contributed by atoms with van der Waals surface area (Å²) in [5, 5.41) is 7.08. The summed E-state index contributed by atoms with van der Waals surface area (Å²) in [7, 11) is -3.73. The monoisotopic (exact) mass is 432 g/mol. The summed E-state index contributed by atoms with van der Waals surface area (Å²) in [5.41, 5.74) is 1.59. The lowest BCUT2D eigenvalue weighted by Crippen LogP contribution is -2.27. The van der Waals surface area contributed by atoms with Crippen molar-refractivity contribution in [1.29, 1.82) is 0 Å². The van der Waals surface area contributed by atoms with Gasteiger partial charge in [0.2, 0.25) is 0 Å². The Hall–Kier alpha value is -3.91. The highest BCUT2D eigenvalue weighted by atomic mass is 32.2. The summed E-state index contributed by atoms with van der Waals surface area (Å²) < 4.78 is 29.3. The largest absolute Gasteiger partial charge is 0.324 e. The number of amides is 1. The molecule has 0 aliphatic carbocycles. The molecule has 0 aliphatic heterocycles. The van der Waals surface area contributed by atoms with E-state index in [-0.39, 0.29) is 10.8 Å². The maximum atomic E-state index is 13.1. The lowest BCUT2D eigenvalue weighted by molar-refractivity contribution is -0.118. The van der Waals surface area contributed by atoms with Crippen LogP contribution in [-0.4, -0.2) is 24.1 Å². The van der Waals surface area contributed by atoms with Gasteiger partial charge in [0.15, 0.2) is 6.04 Å². The van der Waals surface area contributed by atoms with Crippen molar-refractivity contribution in [3.05, 3.63) is 109 Å². The van der Waals surface area contributed by atoms with E-state index in [1.54, 1.807) is 65.6 Å². The predicted octanol–water partition coefficient (Wildman–Crippen LogP) is 3.91. The van der Waals surface area contributed by atoms with Crippen molar-refractivity contribution in [3.8, 4) is 0 Å². The predicted molar refractivity (Wildman–Crippen MR) is 119 cm³/mol. The van der Waals surface area contributed by atoms with E-state index in [1.807, 2.05) is 30.3 Å². The molecule has 4 rings (SSSR count). The van der Waals surface area contributed by atoms with Crippen LogP contribution < -0.4 is 10.0 Å². The molecule has 156 valence electrons. The van der Waals surface area contributed by atoms with Gasteiger partial charge in [-0.1, -0.05) is 54.6 Å². The molecular formula is C23H20N4O3S. The summed E-state index contributed by atoms with van der Waals surface area (Å²) >= 11 is 0. The Kier molecular flexibility index (Phi) is 5.81. The molecule has 1 amide bonds. The van der Waals surface area contributed by atoms with E-state index >= 15 is 0 Å². The molecule has 4 aromatic rings. The highest BCUT2D eigenvalue weighted by Gasteiger charge is 2.23. The van der Waals surface area contributed by atoms with Crippen molar-refractivity contribution in [2.45, 2.75) is 10.9 Å². The molecule has 1 atom stereocenters. The molecule has 0 radical (unpaired) electrons. The molecule has 0 fully saturated rings. The van der Waals surface area contributed by atoms with E-state index in [1.165, 1.54) is 12.1 Å². The molecule has 1 unspecified atom stereocenters. The van der Waals surface area contributed by atoms with Crippen LogP contribution in [0.15, 0.2) is 108 Å². The Morgan fingerprint density at radius 1 is 0.839 bits per heavy atom. The molecule has 0 spiro atoms. The number of hydrogen-bond acceptors (Lipinski definition) is 4. The van der Waals surface area contributed by atoms with Crippen molar-refractivity contribution in [2.24, 2.45) is 0 Å². The lowest BCUT2D eigenvalue weighted by Gasteiger charge is -2.18. The maximum Gasteiger partial charge on any atom is 0.261 e. The van der Waals surface area contributed by atoms with Crippen LogP contribution in [0, 0.1) is 0 Å². The second-order valence-corrected chi connectivity index (χ2v) is 8.47. The van der Waals surface area contributed by atoms with Gasteiger partial charge in [0.05, 0.1) is 10.6 Å². The van der Waals surface area contributed by atoms with Gasteiger partial charge < -0.3 is 5.32 Å². The fraction of sp³-hybridized carbons (Fsp3) is 0.0435. The molecule has 3 aromatic carbocycles. The summed E-state index contributed by atoms with van der Waals surface area (Å²) in [6.45, 7) is 0. The van der Waals surface area contributed by atoms with E-state index in [2.05, 4.69) is 15.1 Å². The van der Waals surface area contributed by atoms with Gasteiger partial charge in [-0.05, 0) is 42.0 Å². The number of benzene rings is 3. The minimum atomic E-state index is -3.73. The summed E-state index contributed by atoms with van der Waals surface area (Å²) in [5.74, 6) is -0.294. The van der Waals surface area contributed by atoms with Crippen molar-refractivity contribution in [3.63, 3.8) is 0 Å². The van der Waals surface area contributed by atoms with Crippen LogP contribution in [0.1, 0.15) is 11.6 Å². The van der Waals surface area contributed by atoms with E-state index in [0.29, 0.717) is 11.4 Å². The topological polar surface area (TPSA) is 93.1 Å². The SMILES string of the molecule is O=C(Nc1cccc(NS(=O)(=O)c2ccccc2)c1)C(c1ccccc1)n1cccn1. The fourth-order valence-electron chi connectivity index (χ4n) is 3.18. The minimum absolute atomic E-state index is 0.160. The molecule has 0 saturated heterocycles. The smallest absolute Gasteiger partial charge is 0.261 e. The summed E-state index contributed by atoms with van der Waals surface area (Å²) in [4.78, 5) is 13.3. The number of aromatic nitrogens is 2. The van der Waals surface area contributed by atoms with Crippen LogP contribution in [0.5, 0.6) is 0 Å². The van der Waals surface area contributed by atoms with Crippen molar-refractivity contribution < 1.29 is 13.2 Å². The van der Waals surface area contributed by atoms with Crippen molar-refractivity contribution >= 4 is 27.3 Å². The third-order valence-electron chi connectivity index (χ3n) is 4.59. The summed E-state index contributed by atoms with van der Waals surface area (Å²) in [6.07, 6.45) is 3.34. The molecule has 0 bridgehead atoms. The number of nitrogens with one attached hydrogen (secondary N) is 2. The Morgan fingerprint density at radius 2 is 1.52 bits per heavy atom. The minimum Gasteiger partial charge on any atom is -0.324 e. The third-order valence-corrected chi connectivity index (χ3v) is 5.99. The van der Waals surface area contributed by atoms with Gasteiger partial charge in [0.1, 0.15) is 0 Å². The normalized spacial score (nSPS) is 12.1. The average molecular weight is 433 g/mol. The van der Waals surface area contributed by atoms with Gasteiger partial charge in [-0.2, -0.15) is 5.10 Å². The molecule has 0 saturated carbocycles. The molecule has 2 N–H and O–H groups in total. The third kappa shape index (κ3) is 4.81. The number of carbonyl (C=O) groups excluding carboxylic acids is 1. The first-order valence-corrected chi connectivity index (χ1v) is 11.0. The van der Waals surface area contributed by atoms with Gasteiger partial charge >= 0.3 is 0 Å². The van der Waals surface area contributed by atoms with Crippen LogP contribution in [0.3, 0.4) is 0 Å². The van der Waals surface area contributed by atoms with Crippen LogP contribution in [0.25, 0.3) is 0 Å².